The number of primary amides is 1. The van der Waals surface area contributed by atoms with Crippen LogP contribution in [-0.4, -0.2) is 21.9 Å². The maximum Gasteiger partial charge on any atom is 0.240 e. The van der Waals surface area contributed by atoms with Crippen molar-refractivity contribution in [1.82, 2.24) is 9.97 Å². The van der Waals surface area contributed by atoms with E-state index in [-0.39, 0.29) is 5.92 Å². The predicted octanol–water partition coefficient (Wildman–Crippen LogP) is 1.02. The molecule has 1 aromatic heterocycles. The van der Waals surface area contributed by atoms with Crippen LogP contribution >= 0.6 is 0 Å². The van der Waals surface area contributed by atoms with Gasteiger partial charge in [0.25, 0.3) is 0 Å². The summed E-state index contributed by atoms with van der Waals surface area (Å²) in [4.78, 5) is 19.6. The Hall–Kier alpha value is -1.65. The van der Waals surface area contributed by atoms with E-state index in [4.69, 9.17) is 5.73 Å². The molecule has 1 unspecified atom stereocenters. The molecule has 1 aromatic rings. The van der Waals surface area contributed by atoms with Crippen molar-refractivity contribution >= 4 is 11.9 Å². The minimum Gasteiger partial charge on any atom is -0.368 e. The molecule has 3 N–H and O–H groups in total. The summed E-state index contributed by atoms with van der Waals surface area (Å²) >= 11 is 0. The van der Waals surface area contributed by atoms with Gasteiger partial charge in [-0.2, -0.15) is 0 Å². The summed E-state index contributed by atoms with van der Waals surface area (Å²) in [5, 5.41) is 2.96. The first-order valence-corrected chi connectivity index (χ1v) is 5.28. The van der Waals surface area contributed by atoms with Crippen LogP contribution in [0.5, 0.6) is 0 Å². The van der Waals surface area contributed by atoms with Gasteiger partial charge >= 0.3 is 0 Å². The highest BCUT2D eigenvalue weighted by atomic mass is 16.1. The number of anilines is 1. The van der Waals surface area contributed by atoms with Crippen molar-refractivity contribution < 1.29 is 4.79 Å². The first kappa shape index (κ1) is 12.4. The third kappa shape index (κ3) is 3.18. The van der Waals surface area contributed by atoms with Gasteiger partial charge in [-0.15, -0.1) is 0 Å². The molecule has 0 bridgehead atoms. The monoisotopic (exact) mass is 222 g/mol. The van der Waals surface area contributed by atoms with Gasteiger partial charge in [-0.25, -0.2) is 9.97 Å². The highest BCUT2D eigenvalue weighted by Crippen LogP contribution is 2.09. The average Bonchev–Trinajstić information content (AvgIpc) is 2.11. The smallest absolute Gasteiger partial charge is 0.240 e. The van der Waals surface area contributed by atoms with Crippen LogP contribution in [0.3, 0.4) is 0 Å². The molecule has 1 amide bonds. The fourth-order valence-corrected chi connectivity index (χ4v) is 1.50. The Morgan fingerprint density at radius 1 is 1.31 bits per heavy atom. The summed E-state index contributed by atoms with van der Waals surface area (Å²) < 4.78 is 0. The SMILES string of the molecule is Cc1cc(C)nc(NC(C(N)=O)C(C)C)n1. The number of aromatic nitrogens is 2. The summed E-state index contributed by atoms with van der Waals surface area (Å²) in [6.45, 7) is 7.61. The minimum absolute atomic E-state index is 0.0990. The van der Waals surface area contributed by atoms with Crippen LogP contribution in [0.25, 0.3) is 0 Å². The molecular formula is C11H18N4O. The van der Waals surface area contributed by atoms with E-state index in [9.17, 15) is 4.79 Å². The van der Waals surface area contributed by atoms with Gasteiger partial charge in [-0.1, -0.05) is 13.8 Å². The van der Waals surface area contributed by atoms with E-state index in [2.05, 4.69) is 15.3 Å². The number of rotatable bonds is 4. The molecule has 88 valence electrons. The highest BCUT2D eigenvalue weighted by Gasteiger charge is 2.20. The Bertz CT molecular complexity index is 369. The van der Waals surface area contributed by atoms with Crippen molar-refractivity contribution in [2.75, 3.05) is 5.32 Å². The van der Waals surface area contributed by atoms with Crippen molar-refractivity contribution in [3.8, 4) is 0 Å². The van der Waals surface area contributed by atoms with E-state index in [1.54, 1.807) is 0 Å². The molecule has 0 saturated carbocycles. The quantitative estimate of drug-likeness (QED) is 0.796. The Morgan fingerprint density at radius 2 is 1.81 bits per heavy atom. The van der Waals surface area contributed by atoms with Crippen LogP contribution in [-0.2, 0) is 4.79 Å². The van der Waals surface area contributed by atoms with Gasteiger partial charge in [0, 0.05) is 11.4 Å². The molecule has 1 heterocycles. The zero-order valence-corrected chi connectivity index (χ0v) is 10.1. The lowest BCUT2D eigenvalue weighted by molar-refractivity contribution is -0.119. The van der Waals surface area contributed by atoms with E-state index in [1.165, 1.54) is 0 Å². The van der Waals surface area contributed by atoms with Crippen LogP contribution in [0.4, 0.5) is 5.95 Å². The number of amides is 1. The van der Waals surface area contributed by atoms with Crippen molar-refractivity contribution in [2.45, 2.75) is 33.7 Å². The number of nitrogens with one attached hydrogen (secondary N) is 1. The van der Waals surface area contributed by atoms with Crippen LogP contribution in [0, 0.1) is 19.8 Å². The van der Waals surface area contributed by atoms with Crippen LogP contribution < -0.4 is 11.1 Å². The lowest BCUT2D eigenvalue weighted by Crippen LogP contribution is -2.40. The minimum atomic E-state index is -0.443. The Labute approximate surface area is 95.5 Å². The normalized spacial score (nSPS) is 12.6. The molecule has 0 aromatic carbocycles. The van der Waals surface area contributed by atoms with E-state index in [0.29, 0.717) is 5.95 Å². The number of nitrogens with two attached hydrogens (primary N) is 1. The van der Waals surface area contributed by atoms with Gasteiger partial charge in [-0.05, 0) is 25.8 Å². The molecule has 0 fully saturated rings. The van der Waals surface area contributed by atoms with Gasteiger partial charge in [0.1, 0.15) is 6.04 Å². The fraction of sp³-hybridized carbons (Fsp3) is 0.545. The molecule has 0 saturated heterocycles. The van der Waals surface area contributed by atoms with Crippen molar-refractivity contribution in [3.05, 3.63) is 17.5 Å². The van der Waals surface area contributed by atoms with Crippen molar-refractivity contribution in [2.24, 2.45) is 11.7 Å². The molecule has 1 rings (SSSR count). The maximum atomic E-state index is 11.2. The van der Waals surface area contributed by atoms with E-state index < -0.39 is 11.9 Å². The molecular weight excluding hydrogens is 204 g/mol. The second-order valence-electron chi connectivity index (χ2n) is 4.24. The van der Waals surface area contributed by atoms with Crippen LogP contribution in [0.15, 0.2) is 6.07 Å². The Morgan fingerprint density at radius 3 is 2.19 bits per heavy atom. The summed E-state index contributed by atoms with van der Waals surface area (Å²) in [7, 11) is 0. The molecule has 5 nitrogen and oxygen atoms in total. The molecule has 16 heavy (non-hydrogen) atoms. The fourth-order valence-electron chi connectivity index (χ4n) is 1.50. The summed E-state index contributed by atoms with van der Waals surface area (Å²) in [6.07, 6.45) is 0. The van der Waals surface area contributed by atoms with Crippen LogP contribution in [0.1, 0.15) is 25.2 Å². The third-order valence-electron chi connectivity index (χ3n) is 2.24. The third-order valence-corrected chi connectivity index (χ3v) is 2.24. The van der Waals surface area contributed by atoms with E-state index >= 15 is 0 Å². The number of carbonyl (C=O) groups is 1. The lowest BCUT2D eigenvalue weighted by atomic mass is 10.0. The number of aryl methyl sites for hydroxylation is 2. The molecule has 0 aliphatic carbocycles. The van der Waals surface area contributed by atoms with Gasteiger partial charge in [0.2, 0.25) is 11.9 Å². The Balaban J connectivity index is 2.89. The van der Waals surface area contributed by atoms with Crippen LogP contribution in [0.2, 0.25) is 0 Å². The first-order valence-electron chi connectivity index (χ1n) is 5.28. The highest BCUT2D eigenvalue weighted by molar-refractivity contribution is 5.82. The van der Waals surface area contributed by atoms with Gasteiger partial charge in [0.05, 0.1) is 0 Å². The Kier molecular flexibility index (Phi) is 3.82. The molecule has 0 spiro atoms. The number of hydrogen-bond acceptors (Lipinski definition) is 4. The number of nitrogens with zero attached hydrogens (tertiary/aromatic N) is 2. The first-order chi connectivity index (χ1) is 7.40. The van der Waals surface area contributed by atoms with Gasteiger partial charge in [-0.3, -0.25) is 4.79 Å². The zero-order valence-electron chi connectivity index (χ0n) is 10.1. The maximum absolute atomic E-state index is 11.2. The van der Waals surface area contributed by atoms with E-state index in [0.717, 1.165) is 11.4 Å². The van der Waals surface area contributed by atoms with Crippen molar-refractivity contribution in [3.63, 3.8) is 0 Å². The summed E-state index contributed by atoms with van der Waals surface area (Å²) in [6, 6.07) is 1.43. The van der Waals surface area contributed by atoms with Gasteiger partial charge < -0.3 is 11.1 Å². The number of hydrogen-bond donors (Lipinski definition) is 2. The zero-order chi connectivity index (χ0) is 12.3. The van der Waals surface area contributed by atoms with Crippen molar-refractivity contribution in [1.29, 1.82) is 0 Å². The largest absolute Gasteiger partial charge is 0.368 e. The standard InChI is InChI=1S/C11H18N4O/c1-6(2)9(10(12)16)15-11-13-7(3)5-8(4)14-11/h5-6,9H,1-4H3,(H2,12,16)(H,13,14,15). The average molecular weight is 222 g/mol. The van der Waals surface area contributed by atoms with E-state index in [1.807, 2.05) is 33.8 Å². The van der Waals surface area contributed by atoms with Gasteiger partial charge in [0.15, 0.2) is 0 Å². The molecule has 1 atom stereocenters. The topological polar surface area (TPSA) is 80.9 Å². The second kappa shape index (κ2) is 4.92. The molecule has 0 aliphatic rings. The molecule has 0 radical (unpaired) electrons. The summed E-state index contributed by atoms with van der Waals surface area (Å²) in [5.74, 6) is 0.162. The molecule has 5 heteroatoms. The molecule has 0 aliphatic heterocycles. The summed E-state index contributed by atoms with van der Waals surface area (Å²) in [5.41, 5.74) is 7.03. The lowest BCUT2D eigenvalue weighted by Gasteiger charge is -2.19. The second-order valence-corrected chi connectivity index (χ2v) is 4.24. The predicted molar refractivity (Wildman–Crippen MR) is 62.9 cm³/mol. The number of carbonyl (C=O) groups excluding carboxylic acids is 1.